The largest absolute Gasteiger partial charge is 0.361 e. The van der Waals surface area contributed by atoms with Crippen molar-refractivity contribution in [3.8, 4) is 0 Å². The molecule has 4 nitrogen and oxygen atoms in total. The lowest BCUT2D eigenvalue weighted by Gasteiger charge is -2.23. The highest BCUT2D eigenvalue weighted by atomic mass is 16.1. The van der Waals surface area contributed by atoms with Crippen molar-refractivity contribution in [2.24, 2.45) is 0 Å². The summed E-state index contributed by atoms with van der Waals surface area (Å²) in [4.78, 5) is 15.2. The van der Waals surface area contributed by atoms with Crippen LogP contribution in [0, 0.1) is 0 Å². The van der Waals surface area contributed by atoms with Gasteiger partial charge in [-0.2, -0.15) is 0 Å². The van der Waals surface area contributed by atoms with E-state index in [9.17, 15) is 4.79 Å². The van der Waals surface area contributed by atoms with Crippen LogP contribution in [-0.2, 0) is 11.2 Å². The Morgan fingerprint density at radius 2 is 2.24 bits per heavy atom. The van der Waals surface area contributed by atoms with Gasteiger partial charge in [0, 0.05) is 36.1 Å². The van der Waals surface area contributed by atoms with Crippen molar-refractivity contribution in [2.75, 3.05) is 13.1 Å². The Morgan fingerprint density at radius 3 is 3.10 bits per heavy atom. The molecule has 2 heterocycles. The molecule has 112 valence electrons. The standard InChI is InChI=1S/C17H23N3O/c21-17(20-14-6-4-10-18-12-14)9-3-5-13-11-19-16-8-2-1-7-15(13)16/h1-2,7-8,11,14,18-19H,3-6,9-10,12H2,(H,20,21). The number of aromatic nitrogens is 1. The zero-order valence-electron chi connectivity index (χ0n) is 12.3. The van der Waals surface area contributed by atoms with Crippen molar-refractivity contribution in [3.05, 3.63) is 36.0 Å². The summed E-state index contributed by atoms with van der Waals surface area (Å²) in [6, 6.07) is 8.63. The number of carbonyl (C=O) groups excluding carboxylic acids is 1. The highest BCUT2D eigenvalue weighted by molar-refractivity contribution is 5.83. The first kappa shape index (κ1) is 14.1. The summed E-state index contributed by atoms with van der Waals surface area (Å²) in [5.41, 5.74) is 2.47. The Morgan fingerprint density at radius 1 is 1.33 bits per heavy atom. The number of aryl methyl sites for hydroxylation is 1. The molecule has 1 fully saturated rings. The Balaban J connectivity index is 1.46. The van der Waals surface area contributed by atoms with Crippen LogP contribution in [0.3, 0.4) is 0 Å². The van der Waals surface area contributed by atoms with Crippen LogP contribution in [-0.4, -0.2) is 30.0 Å². The van der Waals surface area contributed by atoms with Gasteiger partial charge in [-0.25, -0.2) is 0 Å². The first-order chi connectivity index (χ1) is 10.3. The van der Waals surface area contributed by atoms with Crippen molar-refractivity contribution in [2.45, 2.75) is 38.1 Å². The molecular formula is C17H23N3O. The second-order valence-electron chi connectivity index (χ2n) is 5.82. The number of carbonyl (C=O) groups is 1. The van der Waals surface area contributed by atoms with Crippen molar-refractivity contribution in [1.82, 2.24) is 15.6 Å². The van der Waals surface area contributed by atoms with E-state index in [1.54, 1.807) is 0 Å². The molecule has 0 radical (unpaired) electrons. The molecule has 1 aromatic heterocycles. The van der Waals surface area contributed by atoms with Gasteiger partial charge in [0.05, 0.1) is 0 Å². The number of para-hydroxylation sites is 1. The third-order valence-corrected chi connectivity index (χ3v) is 4.19. The van der Waals surface area contributed by atoms with Crippen LogP contribution in [0.15, 0.2) is 30.5 Å². The fourth-order valence-corrected chi connectivity index (χ4v) is 3.05. The number of hydrogen-bond acceptors (Lipinski definition) is 2. The van der Waals surface area contributed by atoms with Gasteiger partial charge in [-0.05, 0) is 43.9 Å². The molecule has 1 amide bonds. The summed E-state index contributed by atoms with van der Waals surface area (Å²) in [5.74, 6) is 0.184. The average Bonchev–Trinajstić information content (AvgIpc) is 2.92. The Hall–Kier alpha value is -1.81. The van der Waals surface area contributed by atoms with Crippen molar-refractivity contribution in [3.63, 3.8) is 0 Å². The zero-order valence-corrected chi connectivity index (χ0v) is 12.3. The fourth-order valence-electron chi connectivity index (χ4n) is 3.05. The van der Waals surface area contributed by atoms with Crippen LogP contribution in [0.1, 0.15) is 31.2 Å². The van der Waals surface area contributed by atoms with Crippen LogP contribution in [0.2, 0.25) is 0 Å². The number of amides is 1. The second-order valence-corrected chi connectivity index (χ2v) is 5.82. The van der Waals surface area contributed by atoms with E-state index in [-0.39, 0.29) is 5.91 Å². The fraction of sp³-hybridized carbons (Fsp3) is 0.471. The van der Waals surface area contributed by atoms with Crippen LogP contribution in [0.25, 0.3) is 10.9 Å². The quantitative estimate of drug-likeness (QED) is 0.790. The van der Waals surface area contributed by atoms with E-state index in [2.05, 4.69) is 40.0 Å². The Kier molecular flexibility index (Phi) is 4.55. The lowest BCUT2D eigenvalue weighted by atomic mass is 10.1. The minimum Gasteiger partial charge on any atom is -0.361 e. The molecule has 1 aliphatic rings. The lowest BCUT2D eigenvalue weighted by molar-refractivity contribution is -0.122. The highest BCUT2D eigenvalue weighted by Gasteiger charge is 2.15. The summed E-state index contributed by atoms with van der Waals surface area (Å²) >= 11 is 0. The highest BCUT2D eigenvalue weighted by Crippen LogP contribution is 2.19. The van der Waals surface area contributed by atoms with Crippen molar-refractivity contribution >= 4 is 16.8 Å². The van der Waals surface area contributed by atoms with E-state index in [1.807, 2.05) is 6.07 Å². The maximum atomic E-state index is 12.0. The van der Waals surface area contributed by atoms with E-state index in [4.69, 9.17) is 0 Å². The van der Waals surface area contributed by atoms with Gasteiger partial charge in [0.2, 0.25) is 5.91 Å². The second kappa shape index (κ2) is 6.76. The SMILES string of the molecule is O=C(CCCc1c[nH]c2ccccc12)NC1CCCNC1. The molecule has 0 aliphatic carbocycles. The van der Waals surface area contributed by atoms with Crippen molar-refractivity contribution < 1.29 is 4.79 Å². The van der Waals surface area contributed by atoms with Gasteiger partial charge in [0.25, 0.3) is 0 Å². The Labute approximate surface area is 125 Å². The maximum absolute atomic E-state index is 12.0. The molecular weight excluding hydrogens is 262 g/mol. The normalized spacial score (nSPS) is 18.8. The summed E-state index contributed by atoms with van der Waals surface area (Å²) in [7, 11) is 0. The number of H-pyrrole nitrogens is 1. The molecule has 1 aromatic carbocycles. The van der Waals surface area contributed by atoms with Gasteiger partial charge in [-0.1, -0.05) is 18.2 Å². The number of rotatable bonds is 5. The number of nitrogens with one attached hydrogen (secondary N) is 3. The molecule has 1 saturated heterocycles. The van der Waals surface area contributed by atoms with Gasteiger partial charge in [-0.3, -0.25) is 4.79 Å². The Bertz CT molecular complexity index is 599. The van der Waals surface area contributed by atoms with E-state index < -0.39 is 0 Å². The minimum atomic E-state index is 0.184. The number of benzene rings is 1. The predicted molar refractivity (Wildman–Crippen MR) is 85.3 cm³/mol. The summed E-state index contributed by atoms with van der Waals surface area (Å²) in [5, 5.41) is 7.72. The predicted octanol–water partition coefficient (Wildman–Crippen LogP) is 2.36. The number of aromatic amines is 1. The third kappa shape index (κ3) is 3.64. The first-order valence-corrected chi connectivity index (χ1v) is 7.88. The van der Waals surface area contributed by atoms with Crippen LogP contribution >= 0.6 is 0 Å². The molecule has 1 aliphatic heterocycles. The summed E-state index contributed by atoms with van der Waals surface area (Å²) in [6.45, 7) is 1.99. The minimum absolute atomic E-state index is 0.184. The molecule has 0 spiro atoms. The van der Waals surface area contributed by atoms with Gasteiger partial charge in [0.1, 0.15) is 0 Å². The zero-order chi connectivity index (χ0) is 14.5. The number of piperidine rings is 1. The van der Waals surface area contributed by atoms with Crippen LogP contribution in [0.4, 0.5) is 0 Å². The molecule has 1 unspecified atom stereocenters. The molecule has 2 aromatic rings. The molecule has 3 rings (SSSR count). The van der Waals surface area contributed by atoms with E-state index in [0.717, 1.165) is 38.8 Å². The monoisotopic (exact) mass is 285 g/mol. The van der Waals surface area contributed by atoms with Crippen LogP contribution < -0.4 is 10.6 Å². The van der Waals surface area contributed by atoms with E-state index in [1.165, 1.54) is 16.5 Å². The lowest BCUT2D eigenvalue weighted by Crippen LogP contribution is -2.45. The first-order valence-electron chi connectivity index (χ1n) is 7.88. The van der Waals surface area contributed by atoms with Gasteiger partial charge in [-0.15, -0.1) is 0 Å². The van der Waals surface area contributed by atoms with E-state index in [0.29, 0.717) is 12.5 Å². The molecule has 3 N–H and O–H groups in total. The molecule has 0 bridgehead atoms. The number of fused-ring (bicyclic) bond motifs is 1. The topological polar surface area (TPSA) is 56.9 Å². The van der Waals surface area contributed by atoms with Gasteiger partial charge < -0.3 is 15.6 Å². The molecule has 1 atom stereocenters. The molecule has 4 heteroatoms. The van der Waals surface area contributed by atoms with Crippen molar-refractivity contribution in [1.29, 1.82) is 0 Å². The van der Waals surface area contributed by atoms with Gasteiger partial charge in [0.15, 0.2) is 0 Å². The van der Waals surface area contributed by atoms with E-state index >= 15 is 0 Å². The van der Waals surface area contributed by atoms with Crippen LogP contribution in [0.5, 0.6) is 0 Å². The smallest absolute Gasteiger partial charge is 0.220 e. The maximum Gasteiger partial charge on any atom is 0.220 e. The van der Waals surface area contributed by atoms with Gasteiger partial charge >= 0.3 is 0 Å². The summed E-state index contributed by atoms with van der Waals surface area (Å²) < 4.78 is 0. The molecule has 21 heavy (non-hydrogen) atoms. The molecule has 0 saturated carbocycles. The average molecular weight is 285 g/mol. The third-order valence-electron chi connectivity index (χ3n) is 4.19. The number of hydrogen-bond donors (Lipinski definition) is 3. The summed E-state index contributed by atoms with van der Waals surface area (Å²) in [6.07, 6.45) is 6.76.